The van der Waals surface area contributed by atoms with Gasteiger partial charge in [0.2, 0.25) is 0 Å². The highest BCUT2D eigenvalue weighted by molar-refractivity contribution is 5.89. The van der Waals surface area contributed by atoms with Crippen molar-refractivity contribution >= 4 is 16.7 Å². The average Bonchev–Trinajstić information content (AvgIpc) is 2.51. The van der Waals surface area contributed by atoms with Crippen molar-refractivity contribution in [3.05, 3.63) is 30.1 Å². The molecule has 0 saturated heterocycles. The molecule has 2 N–H and O–H groups in total. The lowest BCUT2D eigenvalue weighted by Gasteiger charge is -2.19. The quantitative estimate of drug-likeness (QED) is 0.787. The molecule has 0 amide bonds. The van der Waals surface area contributed by atoms with Gasteiger partial charge in [-0.3, -0.25) is 0 Å². The molecule has 2 rings (SSSR count). The van der Waals surface area contributed by atoms with Gasteiger partial charge in [0.15, 0.2) is 0 Å². The summed E-state index contributed by atoms with van der Waals surface area (Å²) in [7, 11) is 0. The highest BCUT2D eigenvalue weighted by Crippen LogP contribution is 2.21. The van der Waals surface area contributed by atoms with Gasteiger partial charge in [-0.15, -0.1) is 0 Å². The first-order valence-electron chi connectivity index (χ1n) is 8.47. The summed E-state index contributed by atoms with van der Waals surface area (Å²) in [6.07, 6.45) is 2.41. The van der Waals surface area contributed by atoms with Crippen LogP contribution in [-0.4, -0.2) is 35.6 Å². The van der Waals surface area contributed by atoms with E-state index < -0.39 is 0 Å². The molecule has 2 aromatic rings. The smallest absolute Gasteiger partial charge is 0.137 e. The van der Waals surface area contributed by atoms with Crippen LogP contribution in [0.5, 0.6) is 0 Å². The van der Waals surface area contributed by atoms with Crippen LogP contribution in [0.15, 0.2) is 24.3 Å². The van der Waals surface area contributed by atoms with E-state index >= 15 is 0 Å². The van der Waals surface area contributed by atoms with Crippen molar-refractivity contribution in [1.29, 1.82) is 0 Å². The fourth-order valence-electron chi connectivity index (χ4n) is 2.87. The minimum Gasteiger partial charge on any atom is -0.367 e. The molecule has 0 unspecified atom stereocenters. The first kappa shape index (κ1) is 16.7. The van der Waals surface area contributed by atoms with Crippen LogP contribution in [0.3, 0.4) is 0 Å². The summed E-state index contributed by atoms with van der Waals surface area (Å²) in [5, 5.41) is 4.68. The Kier molecular flexibility index (Phi) is 6.13. The molecule has 0 fully saturated rings. The number of rotatable bonds is 8. The second-order valence-electron chi connectivity index (χ2n) is 6.03. The van der Waals surface area contributed by atoms with Crippen molar-refractivity contribution in [2.24, 2.45) is 0 Å². The number of aromatic nitrogens is 2. The molecule has 0 aliphatic rings. The number of aryl methyl sites for hydroxylation is 1. The predicted octanol–water partition coefficient (Wildman–Crippen LogP) is 2.44. The second-order valence-corrected chi connectivity index (χ2v) is 6.03. The van der Waals surface area contributed by atoms with Crippen molar-refractivity contribution in [2.45, 2.75) is 46.6 Å². The molecule has 0 saturated carbocycles. The van der Waals surface area contributed by atoms with Gasteiger partial charge in [-0.05, 0) is 52.7 Å². The fourth-order valence-corrected chi connectivity index (χ4v) is 2.87. The van der Waals surface area contributed by atoms with E-state index in [1.54, 1.807) is 4.90 Å². The Balaban J connectivity index is 1.98. The number of hydrogen-bond acceptors (Lipinski definition) is 3. The third-order valence-electron chi connectivity index (χ3n) is 4.27. The van der Waals surface area contributed by atoms with Crippen LogP contribution in [0, 0.1) is 6.92 Å². The third-order valence-corrected chi connectivity index (χ3v) is 4.27. The van der Waals surface area contributed by atoms with Gasteiger partial charge in [0.05, 0.1) is 25.2 Å². The Hall–Kier alpha value is -1.68. The van der Waals surface area contributed by atoms with Crippen molar-refractivity contribution in [1.82, 2.24) is 9.97 Å². The first-order chi connectivity index (χ1) is 10.6. The number of hydrogen-bond donors (Lipinski definition) is 2. The molecule has 22 heavy (non-hydrogen) atoms. The molecule has 4 heteroatoms. The number of fused-ring (bicyclic) bond motifs is 1. The second kappa shape index (κ2) is 8.08. The van der Waals surface area contributed by atoms with Gasteiger partial charge in [-0.2, -0.15) is 0 Å². The Morgan fingerprint density at radius 2 is 1.86 bits per heavy atom. The van der Waals surface area contributed by atoms with Gasteiger partial charge in [0.1, 0.15) is 11.6 Å². The number of benzene rings is 1. The molecule has 1 aromatic carbocycles. The lowest BCUT2D eigenvalue weighted by atomic mass is 10.1. The summed E-state index contributed by atoms with van der Waals surface area (Å²) < 4.78 is 0. The summed E-state index contributed by atoms with van der Waals surface area (Å²) in [6.45, 7) is 12.4. The average molecular weight is 301 g/mol. The summed E-state index contributed by atoms with van der Waals surface area (Å²) in [6, 6.07) is 8.62. The van der Waals surface area contributed by atoms with E-state index in [2.05, 4.69) is 42.1 Å². The molecule has 0 radical (unpaired) electrons. The highest BCUT2D eigenvalue weighted by Gasteiger charge is 2.10. The van der Waals surface area contributed by atoms with Crippen molar-refractivity contribution in [3.63, 3.8) is 0 Å². The predicted molar refractivity (Wildman–Crippen MR) is 93.5 cm³/mol. The fraction of sp³-hybridized carbons (Fsp3) is 0.556. The van der Waals surface area contributed by atoms with Gasteiger partial charge in [0, 0.05) is 11.4 Å². The van der Waals surface area contributed by atoms with Crippen LogP contribution >= 0.6 is 0 Å². The van der Waals surface area contributed by atoms with Gasteiger partial charge in [-0.25, -0.2) is 9.97 Å². The number of anilines is 1. The van der Waals surface area contributed by atoms with E-state index in [1.165, 1.54) is 32.5 Å². The van der Waals surface area contributed by atoms with Crippen LogP contribution in [0.25, 0.3) is 10.9 Å². The van der Waals surface area contributed by atoms with E-state index in [-0.39, 0.29) is 0 Å². The maximum absolute atomic E-state index is 4.59. The maximum Gasteiger partial charge on any atom is 0.137 e. The number of quaternary nitrogens is 1. The molecule has 0 bridgehead atoms. The molecule has 120 valence electrons. The molecule has 0 spiro atoms. The Labute approximate surface area is 134 Å². The highest BCUT2D eigenvalue weighted by atomic mass is 15.1. The van der Waals surface area contributed by atoms with Gasteiger partial charge < -0.3 is 10.2 Å². The standard InChI is InChI=1S/C18H28N4/c1-5-22(6-2)13-9-10-14(3)19-18-16-11-7-8-12-17(16)20-15(4)21-18/h7-8,11-12,14H,5-6,9-10,13H2,1-4H3,(H,19,20,21)/p+1/t14-/m1/s1. The molecule has 1 atom stereocenters. The zero-order valence-corrected chi connectivity index (χ0v) is 14.3. The van der Waals surface area contributed by atoms with Crippen molar-refractivity contribution < 1.29 is 4.90 Å². The number of para-hydroxylation sites is 1. The largest absolute Gasteiger partial charge is 0.367 e. The van der Waals surface area contributed by atoms with Gasteiger partial charge in [0.25, 0.3) is 0 Å². The Bertz CT molecular complexity index is 593. The minimum atomic E-state index is 0.424. The maximum atomic E-state index is 4.59. The van der Waals surface area contributed by atoms with E-state index in [0.29, 0.717) is 6.04 Å². The molecule has 1 heterocycles. The van der Waals surface area contributed by atoms with E-state index in [1.807, 2.05) is 25.1 Å². The topological polar surface area (TPSA) is 42.2 Å². The van der Waals surface area contributed by atoms with Crippen LogP contribution < -0.4 is 10.2 Å². The SMILES string of the molecule is CC[NH+](CC)CCC[C@@H](C)Nc1nc(C)nc2ccccc12. The molecule has 0 aliphatic heterocycles. The molecule has 0 aliphatic carbocycles. The molecule has 4 nitrogen and oxygen atoms in total. The molecular formula is C18H29N4+. The monoisotopic (exact) mass is 301 g/mol. The van der Waals surface area contributed by atoms with Crippen molar-refractivity contribution in [3.8, 4) is 0 Å². The van der Waals surface area contributed by atoms with Crippen molar-refractivity contribution in [2.75, 3.05) is 25.0 Å². The van der Waals surface area contributed by atoms with Crippen LogP contribution in [0.4, 0.5) is 5.82 Å². The van der Waals surface area contributed by atoms with E-state index in [0.717, 1.165) is 22.5 Å². The zero-order valence-electron chi connectivity index (χ0n) is 14.3. The van der Waals surface area contributed by atoms with E-state index in [4.69, 9.17) is 0 Å². The molecule has 1 aromatic heterocycles. The normalized spacial score (nSPS) is 12.8. The summed E-state index contributed by atoms with van der Waals surface area (Å²) in [5.74, 6) is 1.78. The van der Waals surface area contributed by atoms with Crippen LogP contribution in [0.1, 0.15) is 39.4 Å². The van der Waals surface area contributed by atoms with Gasteiger partial charge >= 0.3 is 0 Å². The Morgan fingerprint density at radius 3 is 2.59 bits per heavy atom. The molecular weight excluding hydrogens is 272 g/mol. The number of nitrogens with one attached hydrogen (secondary N) is 2. The summed E-state index contributed by atoms with van der Waals surface area (Å²) >= 11 is 0. The van der Waals surface area contributed by atoms with E-state index in [9.17, 15) is 0 Å². The van der Waals surface area contributed by atoms with Gasteiger partial charge in [-0.1, -0.05) is 12.1 Å². The zero-order chi connectivity index (χ0) is 15.9. The summed E-state index contributed by atoms with van der Waals surface area (Å²) in [5.41, 5.74) is 1.01. The lowest BCUT2D eigenvalue weighted by Crippen LogP contribution is -3.11. The van der Waals surface area contributed by atoms with Crippen LogP contribution in [0.2, 0.25) is 0 Å². The van der Waals surface area contributed by atoms with Crippen LogP contribution in [-0.2, 0) is 0 Å². The summed E-state index contributed by atoms with van der Waals surface area (Å²) in [4.78, 5) is 10.8. The first-order valence-corrected chi connectivity index (χ1v) is 8.47. The Morgan fingerprint density at radius 1 is 1.14 bits per heavy atom. The number of nitrogens with zero attached hydrogens (tertiary/aromatic N) is 2. The third kappa shape index (κ3) is 4.41. The lowest BCUT2D eigenvalue weighted by molar-refractivity contribution is -0.896. The minimum absolute atomic E-state index is 0.424.